The molecule has 0 saturated carbocycles. The standard InChI is InChI=1S/C16H24N4O/c1-3-20-15-6-5-13(21-2)11-14(15)18-16(20)12-19-9-4-7-17-8-10-19/h5-6,11,17H,3-4,7-10,12H2,1-2H3. The molecule has 1 aromatic carbocycles. The van der Waals surface area contributed by atoms with Gasteiger partial charge in [-0.3, -0.25) is 4.90 Å². The van der Waals surface area contributed by atoms with Crippen LogP contribution in [0.3, 0.4) is 0 Å². The Bertz CT molecular complexity index is 600. The van der Waals surface area contributed by atoms with E-state index in [9.17, 15) is 0 Å². The van der Waals surface area contributed by atoms with Gasteiger partial charge in [-0.1, -0.05) is 0 Å². The normalized spacial score (nSPS) is 17.0. The van der Waals surface area contributed by atoms with Crippen LogP contribution in [0.25, 0.3) is 11.0 Å². The van der Waals surface area contributed by atoms with Crippen LogP contribution < -0.4 is 10.1 Å². The minimum atomic E-state index is 0.869. The summed E-state index contributed by atoms with van der Waals surface area (Å²) in [5.41, 5.74) is 2.22. The van der Waals surface area contributed by atoms with Crippen LogP contribution in [-0.2, 0) is 13.1 Å². The predicted molar refractivity (Wildman–Crippen MR) is 84.7 cm³/mol. The average molecular weight is 288 g/mol. The lowest BCUT2D eigenvalue weighted by Gasteiger charge is -2.19. The third-order valence-electron chi connectivity index (χ3n) is 4.15. The second-order valence-electron chi connectivity index (χ2n) is 5.51. The number of fused-ring (bicyclic) bond motifs is 1. The zero-order valence-electron chi connectivity index (χ0n) is 12.9. The third kappa shape index (κ3) is 3.04. The molecule has 1 aliphatic rings. The molecule has 1 N–H and O–H groups in total. The highest BCUT2D eigenvalue weighted by Crippen LogP contribution is 2.22. The second-order valence-corrected chi connectivity index (χ2v) is 5.51. The lowest BCUT2D eigenvalue weighted by molar-refractivity contribution is 0.274. The van der Waals surface area contributed by atoms with E-state index in [0.717, 1.165) is 56.4 Å². The number of benzene rings is 1. The van der Waals surface area contributed by atoms with Crippen molar-refractivity contribution in [3.63, 3.8) is 0 Å². The first kappa shape index (κ1) is 14.4. The fourth-order valence-electron chi connectivity index (χ4n) is 3.02. The van der Waals surface area contributed by atoms with Gasteiger partial charge in [-0.15, -0.1) is 0 Å². The van der Waals surface area contributed by atoms with E-state index in [2.05, 4.69) is 27.8 Å². The molecule has 0 amide bonds. The van der Waals surface area contributed by atoms with E-state index < -0.39 is 0 Å². The Morgan fingerprint density at radius 3 is 3.00 bits per heavy atom. The van der Waals surface area contributed by atoms with E-state index >= 15 is 0 Å². The number of rotatable bonds is 4. The van der Waals surface area contributed by atoms with Crippen LogP contribution in [0, 0.1) is 0 Å². The summed E-state index contributed by atoms with van der Waals surface area (Å²) in [6.07, 6.45) is 1.21. The number of nitrogens with zero attached hydrogens (tertiary/aromatic N) is 3. The van der Waals surface area contributed by atoms with Gasteiger partial charge in [-0.25, -0.2) is 4.98 Å². The second kappa shape index (κ2) is 6.45. The topological polar surface area (TPSA) is 42.3 Å². The van der Waals surface area contributed by atoms with Crippen molar-refractivity contribution in [3.05, 3.63) is 24.0 Å². The Morgan fingerprint density at radius 2 is 2.19 bits per heavy atom. The van der Waals surface area contributed by atoms with Crippen molar-refractivity contribution >= 4 is 11.0 Å². The Morgan fingerprint density at radius 1 is 1.29 bits per heavy atom. The van der Waals surface area contributed by atoms with Crippen LogP contribution in [0.4, 0.5) is 0 Å². The molecule has 0 aliphatic carbocycles. The van der Waals surface area contributed by atoms with Gasteiger partial charge in [0.2, 0.25) is 0 Å². The third-order valence-corrected chi connectivity index (χ3v) is 4.15. The highest BCUT2D eigenvalue weighted by atomic mass is 16.5. The molecule has 21 heavy (non-hydrogen) atoms. The van der Waals surface area contributed by atoms with Crippen LogP contribution in [0.5, 0.6) is 5.75 Å². The Labute approximate surface area is 125 Å². The number of hydrogen-bond donors (Lipinski definition) is 1. The summed E-state index contributed by atoms with van der Waals surface area (Å²) >= 11 is 0. The summed E-state index contributed by atoms with van der Waals surface area (Å²) in [7, 11) is 1.70. The summed E-state index contributed by atoms with van der Waals surface area (Å²) < 4.78 is 7.62. The maximum absolute atomic E-state index is 5.30. The van der Waals surface area contributed by atoms with Gasteiger partial charge in [0.1, 0.15) is 11.6 Å². The average Bonchev–Trinajstić information content (AvgIpc) is 2.66. The number of imidazole rings is 1. The number of nitrogens with one attached hydrogen (secondary N) is 1. The highest BCUT2D eigenvalue weighted by molar-refractivity contribution is 5.77. The molecule has 0 atom stereocenters. The molecule has 2 aromatic rings. The molecule has 1 aliphatic heterocycles. The number of ether oxygens (including phenoxy) is 1. The smallest absolute Gasteiger partial charge is 0.124 e. The van der Waals surface area contributed by atoms with Crippen molar-refractivity contribution in [2.75, 3.05) is 33.3 Å². The maximum Gasteiger partial charge on any atom is 0.124 e. The minimum Gasteiger partial charge on any atom is -0.497 e. The van der Waals surface area contributed by atoms with E-state index in [0.29, 0.717) is 0 Å². The van der Waals surface area contributed by atoms with Gasteiger partial charge in [0.15, 0.2) is 0 Å². The van der Waals surface area contributed by atoms with Gasteiger partial charge in [-0.2, -0.15) is 0 Å². The van der Waals surface area contributed by atoms with Gasteiger partial charge in [-0.05, 0) is 38.6 Å². The van der Waals surface area contributed by atoms with Gasteiger partial charge >= 0.3 is 0 Å². The van der Waals surface area contributed by atoms with E-state index in [-0.39, 0.29) is 0 Å². The number of methoxy groups -OCH3 is 1. The van der Waals surface area contributed by atoms with Crippen LogP contribution in [0.2, 0.25) is 0 Å². The molecular formula is C16H24N4O. The highest BCUT2D eigenvalue weighted by Gasteiger charge is 2.15. The predicted octanol–water partition coefficient (Wildman–Crippen LogP) is 1.86. The lowest BCUT2D eigenvalue weighted by atomic mass is 10.3. The van der Waals surface area contributed by atoms with E-state index in [1.165, 1.54) is 11.9 Å². The van der Waals surface area contributed by atoms with E-state index in [1.807, 2.05) is 12.1 Å². The number of aromatic nitrogens is 2. The summed E-state index contributed by atoms with van der Waals surface area (Å²) in [6.45, 7) is 8.48. The molecule has 1 saturated heterocycles. The molecule has 114 valence electrons. The maximum atomic E-state index is 5.30. The zero-order valence-corrected chi connectivity index (χ0v) is 12.9. The summed E-state index contributed by atoms with van der Waals surface area (Å²) in [5, 5.41) is 3.45. The summed E-state index contributed by atoms with van der Waals surface area (Å²) in [4.78, 5) is 7.33. The summed E-state index contributed by atoms with van der Waals surface area (Å²) in [6, 6.07) is 6.14. The van der Waals surface area contributed by atoms with Crippen LogP contribution in [0.15, 0.2) is 18.2 Å². The molecule has 3 rings (SSSR count). The molecule has 2 heterocycles. The Kier molecular flexibility index (Phi) is 4.41. The lowest BCUT2D eigenvalue weighted by Crippen LogP contribution is -2.29. The van der Waals surface area contributed by atoms with Crippen molar-refractivity contribution < 1.29 is 4.74 Å². The first-order chi connectivity index (χ1) is 10.3. The fraction of sp³-hybridized carbons (Fsp3) is 0.562. The van der Waals surface area contributed by atoms with Crippen molar-refractivity contribution in [2.24, 2.45) is 0 Å². The molecule has 1 aromatic heterocycles. The first-order valence-corrected chi connectivity index (χ1v) is 7.78. The molecule has 1 fully saturated rings. The van der Waals surface area contributed by atoms with Gasteiger partial charge in [0.05, 0.1) is 24.7 Å². The van der Waals surface area contributed by atoms with Crippen LogP contribution >= 0.6 is 0 Å². The SMILES string of the molecule is CCn1c(CN2CCCNCC2)nc2cc(OC)ccc21. The molecule has 0 spiro atoms. The Balaban J connectivity index is 1.89. The first-order valence-electron chi connectivity index (χ1n) is 7.78. The van der Waals surface area contributed by atoms with E-state index in [4.69, 9.17) is 9.72 Å². The Hall–Kier alpha value is -1.59. The van der Waals surface area contributed by atoms with Gasteiger partial charge in [0.25, 0.3) is 0 Å². The quantitative estimate of drug-likeness (QED) is 0.932. The van der Waals surface area contributed by atoms with Crippen molar-refractivity contribution in [3.8, 4) is 5.75 Å². The molecule has 5 heteroatoms. The molecule has 0 unspecified atom stereocenters. The van der Waals surface area contributed by atoms with Gasteiger partial charge in [0, 0.05) is 25.7 Å². The molecule has 0 bridgehead atoms. The molecular weight excluding hydrogens is 264 g/mol. The fourth-order valence-corrected chi connectivity index (χ4v) is 3.02. The van der Waals surface area contributed by atoms with Crippen molar-refractivity contribution in [1.29, 1.82) is 0 Å². The molecule has 0 radical (unpaired) electrons. The monoisotopic (exact) mass is 288 g/mol. The van der Waals surface area contributed by atoms with Crippen molar-refractivity contribution in [1.82, 2.24) is 19.8 Å². The van der Waals surface area contributed by atoms with Crippen LogP contribution in [0.1, 0.15) is 19.2 Å². The van der Waals surface area contributed by atoms with Gasteiger partial charge < -0.3 is 14.6 Å². The van der Waals surface area contributed by atoms with Crippen LogP contribution in [-0.4, -0.2) is 47.7 Å². The largest absolute Gasteiger partial charge is 0.497 e. The van der Waals surface area contributed by atoms with E-state index in [1.54, 1.807) is 7.11 Å². The number of aryl methyl sites for hydroxylation is 1. The molecule has 5 nitrogen and oxygen atoms in total. The zero-order chi connectivity index (χ0) is 14.7. The minimum absolute atomic E-state index is 0.869. The van der Waals surface area contributed by atoms with Crippen molar-refractivity contribution in [2.45, 2.75) is 26.4 Å². The summed E-state index contributed by atoms with van der Waals surface area (Å²) in [5.74, 6) is 2.02. The number of hydrogen-bond acceptors (Lipinski definition) is 4.